The smallest absolute Gasteiger partial charge is 0.332 e. The molecule has 0 radical (unpaired) electrons. The van der Waals surface area contributed by atoms with Crippen LogP contribution in [0.3, 0.4) is 0 Å². The maximum absolute atomic E-state index is 13.6. The van der Waals surface area contributed by atoms with Gasteiger partial charge in [0, 0.05) is 25.2 Å². The number of aromatic nitrogens is 4. The van der Waals surface area contributed by atoms with Gasteiger partial charge >= 0.3 is 5.69 Å². The van der Waals surface area contributed by atoms with Gasteiger partial charge in [-0.15, -0.1) is 0 Å². The highest BCUT2D eigenvalue weighted by molar-refractivity contribution is 5.95. The summed E-state index contributed by atoms with van der Waals surface area (Å²) in [6.07, 6.45) is 2.55. The molecule has 0 amide bonds. The van der Waals surface area contributed by atoms with E-state index in [4.69, 9.17) is 10.5 Å². The lowest BCUT2D eigenvalue weighted by Gasteiger charge is -2.14. The number of aryl methyl sites for hydroxylation is 1. The number of ketones is 1. The number of carbonyl (C=O) groups is 1. The van der Waals surface area contributed by atoms with E-state index in [9.17, 15) is 14.4 Å². The molecule has 37 heavy (non-hydrogen) atoms. The molecule has 0 spiro atoms. The van der Waals surface area contributed by atoms with Crippen LogP contribution in [0, 0.1) is 0 Å². The van der Waals surface area contributed by atoms with Gasteiger partial charge in [-0.1, -0.05) is 72.3 Å². The van der Waals surface area contributed by atoms with Crippen LogP contribution >= 0.6 is 0 Å². The van der Waals surface area contributed by atoms with E-state index in [1.807, 2.05) is 50.3 Å². The molecule has 2 aromatic heterocycles. The Labute approximate surface area is 214 Å². The number of nitrogens with zero attached hydrogens (tertiary/aromatic N) is 4. The van der Waals surface area contributed by atoms with Crippen LogP contribution in [0.4, 0.5) is 0 Å². The molecule has 192 valence electrons. The largest absolute Gasteiger partial charge is 0.463 e. The first-order valence-corrected chi connectivity index (χ1v) is 12.1. The molecule has 2 N–H and O–H groups in total. The maximum atomic E-state index is 13.6. The number of imidazole rings is 1. The monoisotopic (exact) mass is 501 g/mol. The number of hydrogen-bond acceptors (Lipinski definition) is 6. The highest BCUT2D eigenvalue weighted by Gasteiger charge is 2.22. The summed E-state index contributed by atoms with van der Waals surface area (Å²) in [6, 6.07) is 18.3. The SMILES string of the molecule is CC(C)=CCn1c(OCC(N)Cc2ccccc2)nc2c1c(=O)n(CC(=O)c1ccccc1)c(=O)n2C. The van der Waals surface area contributed by atoms with Crippen LogP contribution in [0.25, 0.3) is 11.2 Å². The predicted molar refractivity (Wildman–Crippen MR) is 143 cm³/mol. The van der Waals surface area contributed by atoms with E-state index in [1.54, 1.807) is 34.9 Å². The Morgan fingerprint density at radius 2 is 1.68 bits per heavy atom. The van der Waals surface area contributed by atoms with Gasteiger partial charge in [0.05, 0.1) is 6.54 Å². The second-order valence-corrected chi connectivity index (χ2v) is 9.24. The molecule has 4 rings (SSSR count). The summed E-state index contributed by atoms with van der Waals surface area (Å²) in [7, 11) is 1.52. The third-order valence-corrected chi connectivity index (χ3v) is 6.04. The molecule has 0 aliphatic heterocycles. The predicted octanol–water partition coefficient (Wildman–Crippen LogP) is 2.69. The number of allylic oxidation sites excluding steroid dienone is 2. The number of rotatable bonds is 10. The topological polar surface area (TPSA) is 114 Å². The molecule has 2 aromatic carbocycles. The van der Waals surface area contributed by atoms with Crippen molar-refractivity contribution in [3.8, 4) is 6.01 Å². The van der Waals surface area contributed by atoms with E-state index in [0.717, 1.165) is 15.7 Å². The van der Waals surface area contributed by atoms with Gasteiger partial charge in [0.15, 0.2) is 16.9 Å². The van der Waals surface area contributed by atoms with E-state index in [0.29, 0.717) is 18.5 Å². The Balaban J connectivity index is 1.72. The van der Waals surface area contributed by atoms with Gasteiger partial charge in [-0.05, 0) is 25.8 Å². The first kappa shape index (κ1) is 25.8. The Morgan fingerprint density at radius 1 is 1.03 bits per heavy atom. The molecule has 1 atom stereocenters. The van der Waals surface area contributed by atoms with Gasteiger partial charge in [0.1, 0.15) is 6.61 Å². The van der Waals surface area contributed by atoms with E-state index in [2.05, 4.69) is 4.98 Å². The average molecular weight is 502 g/mol. The van der Waals surface area contributed by atoms with Crippen LogP contribution in [0.2, 0.25) is 0 Å². The van der Waals surface area contributed by atoms with Crippen molar-refractivity contribution in [1.29, 1.82) is 0 Å². The lowest BCUT2D eigenvalue weighted by Crippen LogP contribution is -2.41. The van der Waals surface area contributed by atoms with Crippen molar-refractivity contribution in [2.45, 2.75) is 39.4 Å². The van der Waals surface area contributed by atoms with Gasteiger partial charge in [-0.2, -0.15) is 4.98 Å². The van der Waals surface area contributed by atoms with Crippen LogP contribution in [0.1, 0.15) is 29.8 Å². The quantitative estimate of drug-likeness (QED) is 0.264. The third-order valence-electron chi connectivity index (χ3n) is 6.04. The Morgan fingerprint density at radius 3 is 2.32 bits per heavy atom. The minimum absolute atomic E-state index is 0.168. The van der Waals surface area contributed by atoms with Crippen LogP contribution in [0.15, 0.2) is 81.9 Å². The lowest BCUT2D eigenvalue weighted by atomic mass is 10.1. The Kier molecular flexibility index (Phi) is 7.83. The zero-order valence-electron chi connectivity index (χ0n) is 21.3. The number of benzene rings is 2. The molecule has 9 nitrogen and oxygen atoms in total. The average Bonchev–Trinajstić information content (AvgIpc) is 3.27. The molecule has 0 saturated carbocycles. The Bertz CT molecular complexity index is 1540. The number of Topliss-reactive ketones (excluding diaryl/α,β-unsaturated/α-hetero) is 1. The number of carbonyl (C=O) groups excluding carboxylic acids is 1. The van der Waals surface area contributed by atoms with Crippen LogP contribution in [0.5, 0.6) is 6.01 Å². The van der Waals surface area contributed by atoms with Crippen molar-refractivity contribution >= 4 is 16.9 Å². The van der Waals surface area contributed by atoms with Crippen LogP contribution in [-0.4, -0.2) is 37.1 Å². The summed E-state index contributed by atoms with van der Waals surface area (Å²) in [5.41, 5.74) is 8.01. The van der Waals surface area contributed by atoms with Crippen molar-refractivity contribution in [2.75, 3.05) is 6.61 Å². The first-order valence-electron chi connectivity index (χ1n) is 12.1. The van der Waals surface area contributed by atoms with Crippen molar-refractivity contribution < 1.29 is 9.53 Å². The van der Waals surface area contributed by atoms with Gasteiger partial charge in [0.25, 0.3) is 11.6 Å². The van der Waals surface area contributed by atoms with Gasteiger partial charge < -0.3 is 10.5 Å². The molecular weight excluding hydrogens is 470 g/mol. The van der Waals surface area contributed by atoms with E-state index >= 15 is 0 Å². The van der Waals surface area contributed by atoms with Crippen LogP contribution in [-0.2, 0) is 26.6 Å². The number of ether oxygens (including phenoxy) is 1. The molecule has 1 unspecified atom stereocenters. The third kappa shape index (κ3) is 5.78. The fourth-order valence-corrected chi connectivity index (χ4v) is 4.06. The summed E-state index contributed by atoms with van der Waals surface area (Å²) in [6.45, 7) is 3.99. The lowest BCUT2D eigenvalue weighted by molar-refractivity contribution is 0.0969. The molecule has 0 saturated heterocycles. The first-order chi connectivity index (χ1) is 17.8. The standard InChI is InChI=1S/C28H31N5O4/c1-19(2)14-15-32-24-25(30-27(32)37-18-22(29)16-20-10-6-4-7-11-20)31(3)28(36)33(26(24)35)17-23(34)21-12-8-5-9-13-21/h4-14,22H,15-18,29H2,1-3H3. The zero-order valence-corrected chi connectivity index (χ0v) is 21.3. The number of nitrogens with two attached hydrogens (primary N) is 1. The summed E-state index contributed by atoms with van der Waals surface area (Å²) < 4.78 is 9.84. The summed E-state index contributed by atoms with van der Waals surface area (Å²) in [4.78, 5) is 44.0. The molecule has 0 aliphatic rings. The summed E-state index contributed by atoms with van der Waals surface area (Å²) in [5, 5.41) is 0. The minimum atomic E-state index is -0.624. The van der Waals surface area contributed by atoms with Crippen molar-refractivity contribution in [3.05, 3.63) is 104 Å². The molecule has 4 aromatic rings. The van der Waals surface area contributed by atoms with Crippen LogP contribution < -0.4 is 21.7 Å². The highest BCUT2D eigenvalue weighted by atomic mass is 16.5. The van der Waals surface area contributed by atoms with Crippen molar-refractivity contribution in [2.24, 2.45) is 12.8 Å². The maximum Gasteiger partial charge on any atom is 0.332 e. The van der Waals surface area contributed by atoms with E-state index in [1.165, 1.54) is 11.6 Å². The second-order valence-electron chi connectivity index (χ2n) is 9.24. The normalized spacial score (nSPS) is 11.9. The Hall–Kier alpha value is -4.24. The molecule has 2 heterocycles. The molecule has 9 heteroatoms. The second kappa shape index (κ2) is 11.2. The number of fused-ring (bicyclic) bond motifs is 1. The summed E-state index contributed by atoms with van der Waals surface area (Å²) in [5.74, 6) is -0.335. The molecule has 0 fully saturated rings. The molecule has 0 aliphatic carbocycles. The van der Waals surface area contributed by atoms with E-state index in [-0.39, 0.29) is 42.2 Å². The van der Waals surface area contributed by atoms with Gasteiger partial charge in [-0.3, -0.25) is 23.3 Å². The molecular formula is C28H31N5O4. The molecule has 0 bridgehead atoms. The fourth-order valence-electron chi connectivity index (χ4n) is 4.06. The van der Waals surface area contributed by atoms with Gasteiger partial charge in [0.2, 0.25) is 0 Å². The van der Waals surface area contributed by atoms with E-state index < -0.39 is 11.2 Å². The highest BCUT2D eigenvalue weighted by Crippen LogP contribution is 2.19. The number of hydrogen-bond donors (Lipinski definition) is 1. The van der Waals surface area contributed by atoms with Gasteiger partial charge in [-0.25, -0.2) is 4.79 Å². The minimum Gasteiger partial charge on any atom is -0.463 e. The fraction of sp³-hybridized carbons (Fsp3) is 0.286. The summed E-state index contributed by atoms with van der Waals surface area (Å²) >= 11 is 0. The van der Waals surface area contributed by atoms with Crippen molar-refractivity contribution in [3.63, 3.8) is 0 Å². The van der Waals surface area contributed by atoms with Crippen molar-refractivity contribution in [1.82, 2.24) is 18.7 Å². The zero-order chi connectivity index (χ0) is 26.5.